The molecule has 0 saturated carbocycles. The maximum absolute atomic E-state index is 12.6. The van der Waals surface area contributed by atoms with Crippen molar-refractivity contribution in [3.8, 4) is 0 Å². The Morgan fingerprint density at radius 2 is 1.87 bits per heavy atom. The van der Waals surface area contributed by atoms with E-state index in [2.05, 4.69) is 16.2 Å². The van der Waals surface area contributed by atoms with Gasteiger partial charge in [0, 0.05) is 12.1 Å². The van der Waals surface area contributed by atoms with Crippen LogP contribution in [0.4, 0.5) is 13.2 Å². The first-order chi connectivity index (χ1) is 10.8. The van der Waals surface area contributed by atoms with Gasteiger partial charge in [-0.05, 0) is 30.7 Å². The Labute approximate surface area is 130 Å². The van der Waals surface area contributed by atoms with Crippen molar-refractivity contribution < 1.29 is 21.6 Å². The minimum absolute atomic E-state index is 0.0533. The lowest BCUT2D eigenvalue weighted by atomic mass is 10.1. The quantitative estimate of drug-likeness (QED) is 0.838. The zero-order valence-corrected chi connectivity index (χ0v) is 12.5. The normalized spacial score (nSPS) is 16.1. The summed E-state index contributed by atoms with van der Waals surface area (Å²) in [6, 6.07) is 3.47. The van der Waals surface area contributed by atoms with Crippen molar-refractivity contribution in [1.82, 2.24) is 14.3 Å². The SMILES string of the molecule is O=S(=O)(c1ccc(C(F)(F)F)cc1)N1CCc2[c]ncnc2C1. The van der Waals surface area contributed by atoms with Gasteiger partial charge in [-0.25, -0.2) is 18.4 Å². The number of benzene rings is 1. The maximum atomic E-state index is 12.6. The summed E-state index contributed by atoms with van der Waals surface area (Å²) in [6.45, 7) is 0.262. The number of nitrogens with zero attached hydrogens (tertiary/aromatic N) is 3. The number of alkyl halides is 3. The van der Waals surface area contributed by atoms with Crippen molar-refractivity contribution in [1.29, 1.82) is 0 Å². The molecule has 0 unspecified atom stereocenters. The van der Waals surface area contributed by atoms with Gasteiger partial charge in [-0.2, -0.15) is 17.5 Å². The monoisotopic (exact) mass is 342 g/mol. The third kappa shape index (κ3) is 3.06. The fraction of sp³-hybridized carbons (Fsp3) is 0.286. The third-order valence-corrected chi connectivity index (χ3v) is 5.44. The van der Waals surface area contributed by atoms with Crippen LogP contribution in [0.3, 0.4) is 0 Å². The number of hydrogen-bond acceptors (Lipinski definition) is 4. The van der Waals surface area contributed by atoms with Crippen LogP contribution in [0.5, 0.6) is 0 Å². The molecule has 2 heterocycles. The molecular weight excluding hydrogens is 331 g/mol. The van der Waals surface area contributed by atoms with Gasteiger partial charge < -0.3 is 0 Å². The van der Waals surface area contributed by atoms with Crippen molar-refractivity contribution in [2.45, 2.75) is 24.0 Å². The largest absolute Gasteiger partial charge is 0.416 e. The zero-order chi connectivity index (χ0) is 16.7. The Hall–Kier alpha value is -2.00. The predicted octanol–water partition coefficient (Wildman–Crippen LogP) is 2.04. The highest BCUT2D eigenvalue weighted by Crippen LogP contribution is 2.30. The predicted molar refractivity (Wildman–Crippen MR) is 73.6 cm³/mol. The van der Waals surface area contributed by atoms with Gasteiger partial charge in [0.25, 0.3) is 0 Å². The number of rotatable bonds is 2. The fourth-order valence-electron chi connectivity index (χ4n) is 2.34. The van der Waals surface area contributed by atoms with Crippen LogP contribution in [0.2, 0.25) is 0 Å². The molecule has 1 aliphatic heterocycles. The standard InChI is InChI=1S/C14H11F3N3O2S/c15-14(16,17)11-1-3-12(4-2-11)23(21,22)20-6-5-10-7-18-9-19-13(10)8-20/h1-4,9H,5-6,8H2. The summed E-state index contributed by atoms with van der Waals surface area (Å²) in [5.74, 6) is 0. The molecule has 9 heteroatoms. The molecule has 0 aliphatic carbocycles. The average molecular weight is 342 g/mol. The fourth-order valence-corrected chi connectivity index (χ4v) is 3.74. The minimum atomic E-state index is -4.50. The Morgan fingerprint density at radius 3 is 2.52 bits per heavy atom. The lowest BCUT2D eigenvalue weighted by Gasteiger charge is -2.26. The van der Waals surface area contributed by atoms with E-state index in [1.54, 1.807) is 0 Å². The second-order valence-corrected chi connectivity index (χ2v) is 6.96. The number of sulfonamides is 1. The van der Waals surface area contributed by atoms with E-state index < -0.39 is 21.8 Å². The first-order valence-electron chi connectivity index (χ1n) is 6.66. The van der Waals surface area contributed by atoms with Crippen LogP contribution in [0.25, 0.3) is 0 Å². The lowest BCUT2D eigenvalue weighted by Crippen LogP contribution is -2.36. The molecule has 0 atom stereocenters. The van der Waals surface area contributed by atoms with Gasteiger partial charge in [-0.1, -0.05) is 0 Å². The highest BCUT2D eigenvalue weighted by molar-refractivity contribution is 7.89. The summed E-state index contributed by atoms with van der Waals surface area (Å²) in [7, 11) is -3.88. The molecule has 1 aliphatic rings. The molecule has 0 N–H and O–H groups in total. The topological polar surface area (TPSA) is 63.2 Å². The van der Waals surface area contributed by atoms with Crippen molar-refractivity contribution in [2.24, 2.45) is 0 Å². The Kier molecular flexibility index (Phi) is 3.85. The molecule has 1 aromatic heterocycles. The summed E-state index contributed by atoms with van der Waals surface area (Å²) in [4.78, 5) is 7.62. The second-order valence-electron chi connectivity index (χ2n) is 5.02. The summed E-state index contributed by atoms with van der Waals surface area (Å²) in [5.41, 5.74) is 0.427. The zero-order valence-electron chi connectivity index (χ0n) is 11.7. The van der Waals surface area contributed by atoms with Crippen LogP contribution in [0.15, 0.2) is 35.5 Å². The smallest absolute Gasteiger partial charge is 0.240 e. The van der Waals surface area contributed by atoms with Gasteiger partial charge in [-0.3, -0.25) is 0 Å². The number of fused-ring (bicyclic) bond motifs is 1. The van der Waals surface area contributed by atoms with Crippen LogP contribution < -0.4 is 0 Å². The van der Waals surface area contributed by atoms with Crippen molar-refractivity contribution in [3.05, 3.63) is 53.6 Å². The molecule has 1 aromatic carbocycles. The third-order valence-electron chi connectivity index (χ3n) is 3.58. The van der Waals surface area contributed by atoms with E-state index in [0.717, 1.165) is 29.8 Å². The molecule has 0 spiro atoms. The van der Waals surface area contributed by atoms with Gasteiger partial charge in [-0.15, -0.1) is 0 Å². The maximum Gasteiger partial charge on any atom is 0.416 e. The Balaban J connectivity index is 1.88. The van der Waals surface area contributed by atoms with Crippen molar-refractivity contribution in [2.75, 3.05) is 6.54 Å². The molecular formula is C14H11F3N3O2S. The van der Waals surface area contributed by atoms with Gasteiger partial charge >= 0.3 is 6.18 Å². The summed E-state index contributed by atoms with van der Waals surface area (Å²) in [5, 5.41) is 0. The molecule has 1 radical (unpaired) electrons. The van der Waals surface area contributed by atoms with E-state index in [4.69, 9.17) is 0 Å². The number of hydrogen-bond donors (Lipinski definition) is 0. The molecule has 0 bridgehead atoms. The van der Waals surface area contributed by atoms with Crippen LogP contribution in [-0.2, 0) is 29.2 Å². The van der Waals surface area contributed by atoms with E-state index in [1.807, 2.05) is 0 Å². The summed E-state index contributed by atoms with van der Waals surface area (Å²) >= 11 is 0. The first kappa shape index (κ1) is 15.9. The van der Waals surface area contributed by atoms with Gasteiger partial charge in [0.15, 0.2) is 0 Å². The van der Waals surface area contributed by atoms with E-state index in [-0.39, 0.29) is 18.0 Å². The summed E-state index contributed by atoms with van der Waals surface area (Å²) in [6.07, 6.45) is -0.0376. The van der Waals surface area contributed by atoms with Crippen LogP contribution in [-0.4, -0.2) is 29.2 Å². The molecule has 5 nitrogen and oxygen atoms in total. The Morgan fingerprint density at radius 1 is 1.17 bits per heavy atom. The Bertz CT molecular complexity index is 820. The minimum Gasteiger partial charge on any atom is -0.240 e. The number of aromatic nitrogens is 2. The molecule has 0 saturated heterocycles. The molecule has 121 valence electrons. The first-order valence-corrected chi connectivity index (χ1v) is 8.10. The summed E-state index contributed by atoms with van der Waals surface area (Å²) < 4.78 is 64.0. The van der Waals surface area contributed by atoms with Crippen LogP contribution in [0.1, 0.15) is 16.8 Å². The highest BCUT2D eigenvalue weighted by Gasteiger charge is 2.32. The molecule has 2 aromatic rings. The molecule has 0 amide bonds. The lowest BCUT2D eigenvalue weighted by molar-refractivity contribution is -0.137. The van der Waals surface area contributed by atoms with E-state index in [9.17, 15) is 21.6 Å². The van der Waals surface area contributed by atoms with Gasteiger partial charge in [0.05, 0.1) is 28.9 Å². The van der Waals surface area contributed by atoms with E-state index in [0.29, 0.717) is 12.1 Å². The number of halogens is 3. The second kappa shape index (κ2) is 5.57. The average Bonchev–Trinajstić information content (AvgIpc) is 2.53. The molecule has 0 fully saturated rings. The molecule has 3 rings (SSSR count). The van der Waals surface area contributed by atoms with E-state index in [1.165, 1.54) is 10.6 Å². The van der Waals surface area contributed by atoms with Gasteiger partial charge in [0.2, 0.25) is 10.0 Å². The highest BCUT2D eigenvalue weighted by atomic mass is 32.2. The van der Waals surface area contributed by atoms with Crippen LogP contribution >= 0.6 is 0 Å². The van der Waals surface area contributed by atoms with Crippen LogP contribution in [0, 0.1) is 6.20 Å². The van der Waals surface area contributed by atoms with Crippen molar-refractivity contribution >= 4 is 10.0 Å². The van der Waals surface area contributed by atoms with Gasteiger partial charge in [0.1, 0.15) is 6.33 Å². The van der Waals surface area contributed by atoms with Crippen molar-refractivity contribution in [3.63, 3.8) is 0 Å². The van der Waals surface area contributed by atoms with E-state index >= 15 is 0 Å². The molecule has 23 heavy (non-hydrogen) atoms.